The van der Waals surface area contributed by atoms with Gasteiger partial charge in [-0.25, -0.2) is 0 Å². The molecule has 0 aromatic carbocycles. The largest absolute Gasteiger partial charge is 0.382 e. The van der Waals surface area contributed by atoms with Crippen molar-refractivity contribution >= 4 is 5.91 Å². The topological polar surface area (TPSA) is 95.0 Å². The van der Waals surface area contributed by atoms with Gasteiger partial charge in [0, 0.05) is 12.7 Å². The number of aromatic amines is 1. The predicted molar refractivity (Wildman–Crippen MR) is 74.4 cm³/mol. The lowest BCUT2D eigenvalue weighted by Gasteiger charge is -2.37. The summed E-state index contributed by atoms with van der Waals surface area (Å²) in [6.07, 6.45) is 4.37. The van der Waals surface area contributed by atoms with Gasteiger partial charge in [0.1, 0.15) is 17.0 Å². The van der Waals surface area contributed by atoms with Gasteiger partial charge in [-0.3, -0.25) is 9.78 Å². The summed E-state index contributed by atoms with van der Waals surface area (Å²) in [7, 11) is 0. The number of nitrogens with zero attached hydrogens (tertiary/aromatic N) is 4. The summed E-state index contributed by atoms with van der Waals surface area (Å²) >= 11 is 0. The average Bonchev–Trinajstić information content (AvgIpc) is 3.02. The molecule has 0 radical (unpaired) electrons. The molecular weight excluding hydrogens is 270 g/mol. The van der Waals surface area contributed by atoms with E-state index in [1.165, 1.54) is 6.20 Å². The maximum atomic E-state index is 12.6. The van der Waals surface area contributed by atoms with Crippen molar-refractivity contribution in [1.82, 2.24) is 25.3 Å². The van der Waals surface area contributed by atoms with Crippen LogP contribution >= 0.6 is 0 Å². The number of aliphatic hydroxyl groups is 1. The van der Waals surface area contributed by atoms with E-state index in [1.807, 2.05) is 13.0 Å². The number of aryl methyl sites for hydroxylation is 1. The summed E-state index contributed by atoms with van der Waals surface area (Å²) in [5.41, 5.74) is 0.585. The maximum absolute atomic E-state index is 12.6. The number of nitrogens with one attached hydrogen (secondary N) is 1. The van der Waals surface area contributed by atoms with E-state index in [1.54, 1.807) is 17.2 Å². The van der Waals surface area contributed by atoms with Crippen molar-refractivity contribution in [3.8, 4) is 0 Å². The Balaban J connectivity index is 1.84. The third-order valence-corrected chi connectivity index (χ3v) is 3.86. The number of hydrogen-bond acceptors (Lipinski definition) is 5. The fourth-order valence-corrected chi connectivity index (χ4v) is 2.70. The first-order valence-electron chi connectivity index (χ1n) is 6.90. The Kier molecular flexibility index (Phi) is 3.42. The smallest absolute Gasteiger partial charge is 0.272 e. The van der Waals surface area contributed by atoms with Gasteiger partial charge in [0.15, 0.2) is 0 Å². The van der Waals surface area contributed by atoms with Crippen molar-refractivity contribution in [3.63, 3.8) is 0 Å². The van der Waals surface area contributed by atoms with Gasteiger partial charge in [0.2, 0.25) is 0 Å². The van der Waals surface area contributed by atoms with Gasteiger partial charge >= 0.3 is 0 Å². The number of piperidine rings is 1. The predicted octanol–water partition coefficient (Wildman–Crippen LogP) is 0.632. The number of pyridine rings is 1. The van der Waals surface area contributed by atoms with Gasteiger partial charge < -0.3 is 10.0 Å². The second kappa shape index (κ2) is 5.25. The minimum absolute atomic E-state index is 0.158. The van der Waals surface area contributed by atoms with Crippen molar-refractivity contribution < 1.29 is 9.90 Å². The van der Waals surface area contributed by atoms with E-state index in [9.17, 15) is 9.90 Å². The number of carbonyl (C=O) groups is 1. The van der Waals surface area contributed by atoms with E-state index in [2.05, 4.69) is 20.4 Å². The highest BCUT2D eigenvalue weighted by molar-refractivity contribution is 5.93. The van der Waals surface area contributed by atoms with Crippen LogP contribution in [0.2, 0.25) is 0 Å². The lowest BCUT2D eigenvalue weighted by molar-refractivity contribution is -0.0322. The molecule has 7 nitrogen and oxygen atoms in total. The number of aromatic nitrogens is 4. The van der Waals surface area contributed by atoms with E-state index in [4.69, 9.17) is 0 Å². The zero-order chi connectivity index (χ0) is 14.9. The molecule has 0 saturated carbocycles. The van der Waals surface area contributed by atoms with Crippen LogP contribution in [0.3, 0.4) is 0 Å². The first-order valence-corrected chi connectivity index (χ1v) is 6.90. The van der Waals surface area contributed by atoms with Crippen LogP contribution in [-0.4, -0.2) is 49.4 Å². The average molecular weight is 287 g/mol. The molecule has 3 heterocycles. The summed E-state index contributed by atoms with van der Waals surface area (Å²) in [4.78, 5) is 18.4. The van der Waals surface area contributed by atoms with E-state index >= 15 is 0 Å². The molecule has 21 heavy (non-hydrogen) atoms. The van der Waals surface area contributed by atoms with E-state index in [0.717, 1.165) is 5.56 Å². The second-order valence-corrected chi connectivity index (χ2v) is 5.39. The fraction of sp³-hybridized carbons (Fsp3) is 0.429. The number of likely N-dealkylation sites (tertiary alicyclic amines) is 1. The Hall–Kier alpha value is -2.28. The van der Waals surface area contributed by atoms with Gasteiger partial charge in [-0.15, -0.1) is 0 Å². The molecule has 1 saturated heterocycles. The fourth-order valence-electron chi connectivity index (χ4n) is 2.70. The Morgan fingerprint density at radius 2 is 2.38 bits per heavy atom. The SMILES string of the molecule is Cc1cccnc1C(=O)N1CCCC(O)(c2cn[nH]n2)C1. The lowest BCUT2D eigenvalue weighted by Crippen LogP contribution is -2.49. The molecule has 0 aliphatic carbocycles. The van der Waals surface area contributed by atoms with Crippen LogP contribution in [0.1, 0.15) is 34.6 Å². The molecule has 2 N–H and O–H groups in total. The van der Waals surface area contributed by atoms with Crippen molar-refractivity contribution in [3.05, 3.63) is 41.5 Å². The monoisotopic (exact) mass is 287 g/mol. The summed E-state index contributed by atoms with van der Waals surface area (Å²) in [6.45, 7) is 2.66. The van der Waals surface area contributed by atoms with Crippen molar-refractivity contribution in [1.29, 1.82) is 0 Å². The molecule has 1 aliphatic rings. The van der Waals surface area contributed by atoms with Crippen LogP contribution in [-0.2, 0) is 5.60 Å². The Bertz CT molecular complexity index is 643. The molecule has 7 heteroatoms. The third-order valence-electron chi connectivity index (χ3n) is 3.86. The van der Waals surface area contributed by atoms with Crippen LogP contribution in [0.25, 0.3) is 0 Å². The van der Waals surface area contributed by atoms with Gasteiger partial charge in [0.25, 0.3) is 5.91 Å². The van der Waals surface area contributed by atoms with Crippen molar-refractivity contribution in [2.24, 2.45) is 0 Å². The Morgan fingerprint density at radius 3 is 3.10 bits per heavy atom. The molecule has 1 atom stereocenters. The zero-order valence-corrected chi connectivity index (χ0v) is 11.8. The van der Waals surface area contributed by atoms with Crippen molar-refractivity contribution in [2.75, 3.05) is 13.1 Å². The molecule has 1 fully saturated rings. The Morgan fingerprint density at radius 1 is 1.52 bits per heavy atom. The molecule has 0 bridgehead atoms. The molecule has 2 aromatic heterocycles. The van der Waals surface area contributed by atoms with Crippen LogP contribution < -0.4 is 0 Å². The number of H-pyrrole nitrogens is 1. The molecule has 3 rings (SSSR count). The molecule has 1 aliphatic heterocycles. The second-order valence-electron chi connectivity index (χ2n) is 5.39. The highest BCUT2D eigenvalue weighted by Crippen LogP contribution is 2.30. The molecule has 1 amide bonds. The molecule has 1 unspecified atom stereocenters. The van der Waals surface area contributed by atoms with E-state index < -0.39 is 5.60 Å². The number of β-amino-alcohol motifs (C(OH)–C–C–N with tert-alkyl or cyclic N) is 1. The van der Waals surface area contributed by atoms with Gasteiger partial charge in [0.05, 0.1) is 12.7 Å². The van der Waals surface area contributed by atoms with Crippen LogP contribution in [0.5, 0.6) is 0 Å². The molecular formula is C14H17N5O2. The molecule has 2 aromatic rings. The van der Waals surface area contributed by atoms with Crippen LogP contribution in [0, 0.1) is 6.92 Å². The maximum Gasteiger partial charge on any atom is 0.272 e. The summed E-state index contributed by atoms with van der Waals surface area (Å²) in [6, 6.07) is 3.65. The number of rotatable bonds is 2. The first-order chi connectivity index (χ1) is 10.1. The van der Waals surface area contributed by atoms with Crippen LogP contribution in [0.15, 0.2) is 24.5 Å². The zero-order valence-electron chi connectivity index (χ0n) is 11.8. The minimum Gasteiger partial charge on any atom is -0.382 e. The number of carbonyl (C=O) groups excluding carboxylic acids is 1. The number of hydrogen-bond donors (Lipinski definition) is 2. The summed E-state index contributed by atoms with van der Waals surface area (Å²) in [5, 5.41) is 20.9. The standard InChI is InChI=1S/C14H17N5O2/c1-10-4-2-6-15-12(10)13(20)19-7-3-5-14(21,9-19)11-8-16-18-17-11/h2,4,6,8,21H,3,5,7,9H2,1H3,(H,16,17,18). The normalized spacial score (nSPS) is 22.3. The summed E-state index contributed by atoms with van der Waals surface area (Å²) in [5.74, 6) is -0.158. The van der Waals surface area contributed by atoms with E-state index in [-0.39, 0.29) is 12.5 Å². The van der Waals surface area contributed by atoms with Gasteiger partial charge in [-0.05, 0) is 31.4 Å². The molecule has 110 valence electrons. The van der Waals surface area contributed by atoms with Gasteiger partial charge in [-0.1, -0.05) is 6.07 Å². The Labute approximate surface area is 122 Å². The minimum atomic E-state index is -1.15. The number of amides is 1. The van der Waals surface area contributed by atoms with Crippen LogP contribution in [0.4, 0.5) is 0 Å². The summed E-state index contributed by atoms with van der Waals surface area (Å²) < 4.78 is 0. The van der Waals surface area contributed by atoms with E-state index in [0.29, 0.717) is 30.8 Å². The third kappa shape index (κ3) is 2.52. The van der Waals surface area contributed by atoms with Crippen molar-refractivity contribution in [2.45, 2.75) is 25.4 Å². The van der Waals surface area contributed by atoms with Gasteiger partial charge in [-0.2, -0.15) is 15.4 Å². The molecule has 0 spiro atoms. The quantitative estimate of drug-likeness (QED) is 0.845. The lowest BCUT2D eigenvalue weighted by atomic mass is 9.90. The highest BCUT2D eigenvalue weighted by Gasteiger charge is 2.39. The first kappa shape index (κ1) is 13.7. The highest BCUT2D eigenvalue weighted by atomic mass is 16.3.